The maximum absolute atomic E-state index is 12.6. The molecule has 0 aliphatic rings. The topological polar surface area (TPSA) is 90.4 Å². The molecular weight excluding hydrogens is 392 g/mol. The molecule has 0 bridgehead atoms. The maximum atomic E-state index is 12.6. The van der Waals surface area contributed by atoms with Crippen molar-refractivity contribution in [3.8, 4) is 28.6 Å². The van der Waals surface area contributed by atoms with E-state index >= 15 is 0 Å². The Morgan fingerprint density at radius 1 is 1.07 bits per heavy atom. The summed E-state index contributed by atoms with van der Waals surface area (Å²) in [5.74, 6) is 2.46. The first-order chi connectivity index (χ1) is 14.0. The molecule has 0 radical (unpaired) electrons. The molecule has 0 fully saturated rings. The van der Waals surface area contributed by atoms with Crippen LogP contribution in [0.1, 0.15) is 5.56 Å². The van der Waals surface area contributed by atoms with E-state index in [9.17, 15) is 4.79 Å². The van der Waals surface area contributed by atoms with Gasteiger partial charge in [-0.05, 0) is 54.7 Å². The van der Waals surface area contributed by atoms with Crippen molar-refractivity contribution in [2.24, 2.45) is 0 Å². The van der Waals surface area contributed by atoms with Gasteiger partial charge < -0.3 is 19.5 Å². The van der Waals surface area contributed by atoms with E-state index in [-0.39, 0.29) is 12.5 Å². The zero-order valence-electron chi connectivity index (χ0n) is 16.4. The monoisotopic (exact) mass is 414 g/mol. The highest BCUT2D eigenvalue weighted by Gasteiger charge is 2.13. The highest BCUT2D eigenvalue weighted by molar-refractivity contribution is 7.71. The fraction of sp³-hybridized carbons (Fsp3) is 0.250. The molecule has 0 saturated carbocycles. The van der Waals surface area contributed by atoms with Crippen molar-refractivity contribution < 1.29 is 19.0 Å². The van der Waals surface area contributed by atoms with Gasteiger partial charge in [-0.3, -0.25) is 14.5 Å². The highest BCUT2D eigenvalue weighted by Crippen LogP contribution is 2.24. The lowest BCUT2D eigenvalue weighted by Crippen LogP contribution is -2.27. The zero-order valence-corrected chi connectivity index (χ0v) is 17.2. The van der Waals surface area contributed by atoms with E-state index in [0.29, 0.717) is 28.6 Å². The summed E-state index contributed by atoms with van der Waals surface area (Å²) in [7, 11) is 4.78. The molecule has 0 aliphatic carbocycles. The summed E-state index contributed by atoms with van der Waals surface area (Å²) in [6.07, 6.45) is 0. The van der Waals surface area contributed by atoms with E-state index in [4.69, 9.17) is 26.4 Å². The van der Waals surface area contributed by atoms with Gasteiger partial charge in [0, 0.05) is 17.7 Å². The number of hydrogen-bond acceptors (Lipinski definition) is 6. The summed E-state index contributed by atoms with van der Waals surface area (Å²) in [6.45, 7) is 0.325. The van der Waals surface area contributed by atoms with Crippen LogP contribution >= 0.6 is 12.2 Å². The Morgan fingerprint density at radius 2 is 1.76 bits per heavy atom. The highest BCUT2D eigenvalue weighted by atomic mass is 32.1. The Balaban J connectivity index is 1.73. The number of ether oxygens (including phenoxy) is 3. The van der Waals surface area contributed by atoms with Crippen molar-refractivity contribution in [1.29, 1.82) is 0 Å². The summed E-state index contributed by atoms with van der Waals surface area (Å²) >= 11 is 5.29. The standard InChI is InChI=1S/C20H22N4O4S/c1-26-15-6-4-13(5-7-15)19-22-23-20(29)24(19)12-18(25)21-11-14-10-16(27-2)8-9-17(14)28-3/h4-10H,11-12H2,1-3H3,(H,21,25)(H,23,29). The number of carbonyl (C=O) groups excluding carboxylic acids is 1. The van der Waals surface area contributed by atoms with Crippen molar-refractivity contribution in [2.75, 3.05) is 21.3 Å². The van der Waals surface area contributed by atoms with Crippen LogP contribution in [-0.4, -0.2) is 42.0 Å². The molecule has 8 nitrogen and oxygen atoms in total. The lowest BCUT2D eigenvalue weighted by Gasteiger charge is -2.12. The van der Waals surface area contributed by atoms with E-state index in [1.54, 1.807) is 38.0 Å². The van der Waals surface area contributed by atoms with E-state index in [1.165, 1.54) is 0 Å². The number of benzene rings is 2. The molecule has 1 aromatic heterocycles. The SMILES string of the molecule is COc1ccc(-c2n[nH]c(=S)n2CC(=O)NCc2cc(OC)ccc2OC)cc1. The van der Waals surface area contributed by atoms with E-state index in [0.717, 1.165) is 16.9 Å². The van der Waals surface area contributed by atoms with Crippen LogP contribution in [0.2, 0.25) is 0 Å². The van der Waals surface area contributed by atoms with Crippen LogP contribution in [0.3, 0.4) is 0 Å². The van der Waals surface area contributed by atoms with Gasteiger partial charge in [0.25, 0.3) is 0 Å². The normalized spacial score (nSPS) is 10.4. The number of rotatable bonds is 8. The van der Waals surface area contributed by atoms with Crippen molar-refractivity contribution in [1.82, 2.24) is 20.1 Å². The van der Waals surface area contributed by atoms with Crippen LogP contribution in [0.4, 0.5) is 0 Å². The molecule has 1 heterocycles. The van der Waals surface area contributed by atoms with Gasteiger partial charge in [0.2, 0.25) is 5.91 Å². The third-order valence-electron chi connectivity index (χ3n) is 4.37. The molecule has 29 heavy (non-hydrogen) atoms. The number of methoxy groups -OCH3 is 3. The zero-order chi connectivity index (χ0) is 20.8. The Labute approximate surface area is 173 Å². The number of aromatic amines is 1. The molecule has 9 heteroatoms. The van der Waals surface area contributed by atoms with Gasteiger partial charge in [0.1, 0.15) is 23.8 Å². The second-order valence-corrected chi connectivity index (χ2v) is 6.51. The van der Waals surface area contributed by atoms with Gasteiger partial charge in [-0.1, -0.05) is 0 Å². The van der Waals surface area contributed by atoms with Gasteiger partial charge >= 0.3 is 0 Å². The molecule has 3 rings (SSSR count). The van der Waals surface area contributed by atoms with Gasteiger partial charge in [0.05, 0.1) is 21.3 Å². The van der Waals surface area contributed by atoms with Crippen molar-refractivity contribution in [3.63, 3.8) is 0 Å². The lowest BCUT2D eigenvalue weighted by atomic mass is 10.2. The van der Waals surface area contributed by atoms with Gasteiger partial charge in [-0.25, -0.2) is 0 Å². The summed E-state index contributed by atoms with van der Waals surface area (Å²) in [5, 5.41) is 9.88. The largest absolute Gasteiger partial charge is 0.497 e. The Bertz CT molecular complexity index is 1040. The van der Waals surface area contributed by atoms with Crippen LogP contribution in [0.25, 0.3) is 11.4 Å². The minimum absolute atomic E-state index is 0.0307. The molecule has 1 amide bonds. The van der Waals surface area contributed by atoms with Crippen molar-refractivity contribution in [3.05, 3.63) is 52.8 Å². The smallest absolute Gasteiger partial charge is 0.240 e. The van der Waals surface area contributed by atoms with Gasteiger partial charge in [-0.15, -0.1) is 0 Å². The average Bonchev–Trinajstić information content (AvgIpc) is 3.12. The second-order valence-electron chi connectivity index (χ2n) is 6.12. The van der Waals surface area contributed by atoms with E-state index in [1.807, 2.05) is 30.3 Å². The van der Waals surface area contributed by atoms with E-state index in [2.05, 4.69) is 15.5 Å². The lowest BCUT2D eigenvalue weighted by molar-refractivity contribution is -0.121. The van der Waals surface area contributed by atoms with Crippen molar-refractivity contribution >= 4 is 18.1 Å². The Morgan fingerprint density at radius 3 is 2.41 bits per heavy atom. The number of amides is 1. The molecule has 152 valence electrons. The molecule has 2 N–H and O–H groups in total. The number of aromatic nitrogens is 3. The number of carbonyl (C=O) groups is 1. The predicted octanol–water partition coefficient (Wildman–Crippen LogP) is 2.95. The number of H-pyrrole nitrogens is 1. The first-order valence-electron chi connectivity index (χ1n) is 8.83. The van der Waals surface area contributed by atoms with Crippen LogP contribution in [-0.2, 0) is 17.9 Å². The summed E-state index contributed by atoms with van der Waals surface area (Å²) < 4.78 is 17.8. The van der Waals surface area contributed by atoms with Gasteiger partial charge in [0.15, 0.2) is 10.6 Å². The fourth-order valence-electron chi connectivity index (χ4n) is 2.84. The first kappa shape index (κ1) is 20.4. The molecule has 0 unspecified atom stereocenters. The molecule has 2 aromatic carbocycles. The third-order valence-corrected chi connectivity index (χ3v) is 4.68. The van der Waals surface area contributed by atoms with Crippen LogP contribution in [0.15, 0.2) is 42.5 Å². The second kappa shape index (κ2) is 9.24. The van der Waals surface area contributed by atoms with Crippen LogP contribution in [0.5, 0.6) is 17.2 Å². The fourth-order valence-corrected chi connectivity index (χ4v) is 3.03. The van der Waals surface area contributed by atoms with Crippen LogP contribution in [0, 0.1) is 4.77 Å². The summed E-state index contributed by atoms with van der Waals surface area (Å²) in [5.41, 5.74) is 1.63. The Kier molecular flexibility index (Phi) is 6.50. The first-order valence-corrected chi connectivity index (χ1v) is 9.23. The molecule has 0 saturated heterocycles. The average molecular weight is 414 g/mol. The van der Waals surface area contributed by atoms with Crippen molar-refractivity contribution in [2.45, 2.75) is 13.1 Å². The van der Waals surface area contributed by atoms with E-state index < -0.39 is 0 Å². The van der Waals surface area contributed by atoms with Gasteiger partial charge in [-0.2, -0.15) is 5.10 Å². The minimum atomic E-state index is -0.206. The minimum Gasteiger partial charge on any atom is -0.497 e. The predicted molar refractivity (Wildman–Crippen MR) is 111 cm³/mol. The summed E-state index contributed by atoms with van der Waals surface area (Å²) in [4.78, 5) is 12.6. The quantitative estimate of drug-likeness (QED) is 0.551. The number of hydrogen-bond donors (Lipinski definition) is 2. The molecule has 0 aliphatic heterocycles. The molecule has 0 spiro atoms. The summed E-state index contributed by atoms with van der Waals surface area (Å²) in [6, 6.07) is 12.8. The van der Waals surface area contributed by atoms with Crippen LogP contribution < -0.4 is 19.5 Å². The number of nitrogens with zero attached hydrogens (tertiary/aromatic N) is 2. The number of nitrogens with one attached hydrogen (secondary N) is 2. The Hall–Kier alpha value is -3.33. The molecular formula is C20H22N4O4S. The maximum Gasteiger partial charge on any atom is 0.240 e. The third kappa shape index (κ3) is 4.75. The molecule has 0 atom stereocenters. The molecule has 3 aromatic rings.